The number of carbonyl (C=O) groups excluding carboxylic acids is 1. The van der Waals surface area contributed by atoms with E-state index < -0.39 is 11.7 Å². The number of hydrogen-bond acceptors (Lipinski definition) is 4. The Hall–Kier alpha value is -1.50. The molecule has 1 fully saturated rings. The molecule has 7 heteroatoms. The van der Waals surface area contributed by atoms with Crippen LogP contribution in [-0.2, 0) is 9.47 Å². The fourth-order valence-corrected chi connectivity index (χ4v) is 2.46. The number of ether oxygens (including phenoxy) is 2. The van der Waals surface area contributed by atoms with Crippen molar-refractivity contribution in [3.63, 3.8) is 0 Å². The molecule has 1 saturated carbocycles. The largest absolute Gasteiger partial charge is 0.444 e. The maximum absolute atomic E-state index is 11.5. The molecule has 0 bridgehead atoms. The van der Waals surface area contributed by atoms with Crippen molar-refractivity contribution in [1.82, 2.24) is 16.0 Å². The third-order valence-electron chi connectivity index (χ3n) is 3.58. The lowest BCUT2D eigenvalue weighted by atomic mass is 10.2. The number of amides is 1. The Morgan fingerprint density at radius 2 is 1.71 bits per heavy atom. The molecule has 140 valence electrons. The molecule has 1 aliphatic carbocycles. The number of aliphatic imine (C=N–C) groups is 1. The van der Waals surface area contributed by atoms with Crippen LogP contribution >= 0.6 is 0 Å². The molecule has 0 saturated heterocycles. The van der Waals surface area contributed by atoms with Gasteiger partial charge in [0.05, 0.1) is 6.10 Å². The Balaban J connectivity index is 2.00. The van der Waals surface area contributed by atoms with Gasteiger partial charge in [0.15, 0.2) is 5.96 Å². The molecule has 0 aliphatic heterocycles. The van der Waals surface area contributed by atoms with Gasteiger partial charge in [-0.05, 0) is 40.0 Å². The van der Waals surface area contributed by atoms with Gasteiger partial charge in [-0.25, -0.2) is 4.79 Å². The van der Waals surface area contributed by atoms with Crippen molar-refractivity contribution in [3.05, 3.63) is 0 Å². The van der Waals surface area contributed by atoms with Gasteiger partial charge in [0.25, 0.3) is 0 Å². The first kappa shape index (κ1) is 20.5. The SMILES string of the molecule is CN=C(NCCCOC1CCCC1)NCCNC(=O)OC(C)(C)C. The van der Waals surface area contributed by atoms with E-state index in [1.54, 1.807) is 7.05 Å². The Morgan fingerprint density at radius 3 is 2.33 bits per heavy atom. The number of carbonyl (C=O) groups is 1. The summed E-state index contributed by atoms with van der Waals surface area (Å²) in [6.07, 6.45) is 6.04. The number of rotatable bonds is 8. The molecule has 0 aromatic heterocycles. The normalized spacial score (nSPS) is 16.1. The molecule has 0 aromatic carbocycles. The summed E-state index contributed by atoms with van der Waals surface area (Å²) in [7, 11) is 1.73. The van der Waals surface area contributed by atoms with Gasteiger partial charge < -0.3 is 25.4 Å². The maximum Gasteiger partial charge on any atom is 0.407 e. The van der Waals surface area contributed by atoms with Crippen molar-refractivity contribution in [2.45, 2.75) is 64.6 Å². The predicted octanol–water partition coefficient (Wildman–Crippen LogP) is 2.03. The van der Waals surface area contributed by atoms with E-state index in [4.69, 9.17) is 9.47 Å². The molecule has 0 heterocycles. The molecule has 0 radical (unpaired) electrons. The Morgan fingerprint density at radius 1 is 1.08 bits per heavy atom. The van der Waals surface area contributed by atoms with Crippen LogP contribution in [-0.4, -0.2) is 57.0 Å². The van der Waals surface area contributed by atoms with Crippen LogP contribution in [0.15, 0.2) is 4.99 Å². The van der Waals surface area contributed by atoms with Crippen molar-refractivity contribution in [2.24, 2.45) is 4.99 Å². The van der Waals surface area contributed by atoms with Gasteiger partial charge in [0, 0.05) is 33.3 Å². The van der Waals surface area contributed by atoms with Crippen molar-refractivity contribution in [3.8, 4) is 0 Å². The highest BCUT2D eigenvalue weighted by Crippen LogP contribution is 2.20. The standard InChI is InChI=1S/C17H34N4O3/c1-17(2,3)24-16(22)21-12-11-20-15(18-4)19-10-7-13-23-14-8-5-6-9-14/h14H,5-13H2,1-4H3,(H,21,22)(H2,18,19,20). The second-order valence-electron chi connectivity index (χ2n) is 6.99. The molecule has 0 spiro atoms. The van der Waals surface area contributed by atoms with Crippen molar-refractivity contribution >= 4 is 12.1 Å². The van der Waals surface area contributed by atoms with Gasteiger partial charge in [-0.1, -0.05) is 12.8 Å². The molecule has 1 aliphatic rings. The van der Waals surface area contributed by atoms with Crippen molar-refractivity contribution in [1.29, 1.82) is 0 Å². The van der Waals surface area contributed by atoms with Crippen molar-refractivity contribution in [2.75, 3.05) is 33.3 Å². The first-order chi connectivity index (χ1) is 11.4. The smallest absolute Gasteiger partial charge is 0.407 e. The molecule has 1 rings (SSSR count). The van der Waals surface area contributed by atoms with Crippen LogP contribution in [0, 0.1) is 0 Å². The van der Waals surface area contributed by atoms with E-state index >= 15 is 0 Å². The third kappa shape index (κ3) is 10.3. The van der Waals surface area contributed by atoms with Crippen LogP contribution in [0.4, 0.5) is 4.79 Å². The Kier molecular flexibility index (Phi) is 9.52. The van der Waals surface area contributed by atoms with Gasteiger partial charge in [-0.15, -0.1) is 0 Å². The van der Waals surface area contributed by atoms with E-state index in [1.165, 1.54) is 25.7 Å². The number of guanidine groups is 1. The first-order valence-corrected chi connectivity index (χ1v) is 8.93. The number of nitrogens with zero attached hydrogens (tertiary/aromatic N) is 1. The lowest BCUT2D eigenvalue weighted by Crippen LogP contribution is -2.42. The molecule has 1 amide bonds. The van der Waals surface area contributed by atoms with E-state index in [0.717, 1.165) is 25.5 Å². The van der Waals surface area contributed by atoms with Crippen LogP contribution in [0.25, 0.3) is 0 Å². The highest BCUT2D eigenvalue weighted by atomic mass is 16.6. The third-order valence-corrected chi connectivity index (χ3v) is 3.58. The zero-order chi connectivity index (χ0) is 17.8. The van der Waals surface area contributed by atoms with Crippen molar-refractivity contribution < 1.29 is 14.3 Å². The van der Waals surface area contributed by atoms with E-state index in [-0.39, 0.29) is 0 Å². The summed E-state index contributed by atoms with van der Waals surface area (Å²) >= 11 is 0. The zero-order valence-corrected chi connectivity index (χ0v) is 15.6. The summed E-state index contributed by atoms with van der Waals surface area (Å²) in [4.78, 5) is 15.7. The van der Waals surface area contributed by atoms with E-state index in [9.17, 15) is 4.79 Å². The lowest BCUT2D eigenvalue weighted by Gasteiger charge is -2.20. The van der Waals surface area contributed by atoms with Crippen LogP contribution in [0.5, 0.6) is 0 Å². The van der Waals surface area contributed by atoms with Gasteiger partial charge in [0.1, 0.15) is 5.60 Å². The van der Waals surface area contributed by atoms with Crippen LogP contribution in [0.2, 0.25) is 0 Å². The van der Waals surface area contributed by atoms with Crippen LogP contribution in [0.3, 0.4) is 0 Å². The Labute approximate surface area is 146 Å². The molecule has 0 atom stereocenters. The first-order valence-electron chi connectivity index (χ1n) is 8.93. The molecular formula is C17H34N4O3. The predicted molar refractivity (Wildman–Crippen MR) is 96.4 cm³/mol. The fourth-order valence-electron chi connectivity index (χ4n) is 2.46. The second kappa shape index (κ2) is 11.1. The summed E-state index contributed by atoms with van der Waals surface area (Å²) < 4.78 is 11.0. The summed E-state index contributed by atoms with van der Waals surface area (Å²) in [5.74, 6) is 0.724. The molecular weight excluding hydrogens is 308 g/mol. The number of hydrogen-bond donors (Lipinski definition) is 3. The highest BCUT2D eigenvalue weighted by molar-refractivity contribution is 5.79. The minimum Gasteiger partial charge on any atom is -0.444 e. The summed E-state index contributed by atoms with van der Waals surface area (Å²) in [5.41, 5.74) is -0.477. The zero-order valence-electron chi connectivity index (χ0n) is 15.6. The van der Waals surface area contributed by atoms with E-state index in [2.05, 4.69) is 20.9 Å². The minimum absolute atomic E-state index is 0.406. The molecule has 0 aromatic rings. The highest BCUT2D eigenvalue weighted by Gasteiger charge is 2.15. The quantitative estimate of drug-likeness (QED) is 0.357. The van der Waals surface area contributed by atoms with Gasteiger partial charge in [-0.3, -0.25) is 4.99 Å². The van der Waals surface area contributed by atoms with Crippen LogP contribution < -0.4 is 16.0 Å². The summed E-state index contributed by atoms with van der Waals surface area (Å²) in [6.45, 7) is 8.17. The number of nitrogens with one attached hydrogen (secondary N) is 3. The number of alkyl carbamates (subject to hydrolysis) is 1. The van der Waals surface area contributed by atoms with Gasteiger partial charge >= 0.3 is 6.09 Å². The average molecular weight is 342 g/mol. The summed E-state index contributed by atoms with van der Waals surface area (Å²) in [5, 5.41) is 9.08. The molecule has 0 unspecified atom stereocenters. The average Bonchev–Trinajstić information content (AvgIpc) is 3.00. The molecule has 3 N–H and O–H groups in total. The monoisotopic (exact) mass is 342 g/mol. The van der Waals surface area contributed by atoms with Crippen LogP contribution in [0.1, 0.15) is 52.9 Å². The van der Waals surface area contributed by atoms with Gasteiger partial charge in [0.2, 0.25) is 0 Å². The Bertz CT molecular complexity index is 388. The minimum atomic E-state index is -0.477. The maximum atomic E-state index is 11.5. The lowest BCUT2D eigenvalue weighted by molar-refractivity contribution is 0.0528. The van der Waals surface area contributed by atoms with E-state index in [0.29, 0.717) is 19.2 Å². The fraction of sp³-hybridized carbons (Fsp3) is 0.882. The summed E-state index contributed by atoms with van der Waals surface area (Å²) in [6, 6.07) is 0. The molecule has 7 nitrogen and oxygen atoms in total. The topological polar surface area (TPSA) is 84.0 Å². The second-order valence-corrected chi connectivity index (χ2v) is 6.99. The van der Waals surface area contributed by atoms with E-state index in [1.807, 2.05) is 20.8 Å². The molecule has 24 heavy (non-hydrogen) atoms. The van der Waals surface area contributed by atoms with Gasteiger partial charge in [-0.2, -0.15) is 0 Å².